The first-order valence-corrected chi connectivity index (χ1v) is 3.95. The molecule has 1 aromatic rings. The van der Waals surface area contributed by atoms with E-state index in [9.17, 15) is 4.79 Å². The number of thiazole rings is 1. The fourth-order valence-corrected chi connectivity index (χ4v) is 1.29. The zero-order chi connectivity index (χ0) is 8.27. The number of hydrazine groups is 1. The predicted octanol–water partition coefficient (Wildman–Crippen LogP) is 0.316. The molecule has 2 N–H and O–H groups in total. The van der Waals surface area contributed by atoms with Gasteiger partial charge in [-0.1, -0.05) is 0 Å². The smallest absolute Gasteiger partial charge is 0.286 e. The molecule has 0 spiro atoms. The molecule has 0 saturated heterocycles. The van der Waals surface area contributed by atoms with Crippen LogP contribution in [0.4, 0.5) is 0 Å². The molecular formula is C6H9N3OS. The Hall–Kier alpha value is -0.940. The Morgan fingerprint density at radius 2 is 2.45 bits per heavy atom. The van der Waals surface area contributed by atoms with E-state index in [1.54, 1.807) is 13.2 Å². The number of hydrogen-bond donors (Lipinski definition) is 2. The summed E-state index contributed by atoms with van der Waals surface area (Å²) in [4.78, 5) is 16.0. The van der Waals surface area contributed by atoms with Gasteiger partial charge in [-0.2, -0.15) is 0 Å². The van der Waals surface area contributed by atoms with Crippen LogP contribution in [0.3, 0.4) is 0 Å². The predicted molar refractivity (Wildman–Crippen MR) is 43.4 cm³/mol. The van der Waals surface area contributed by atoms with Crippen LogP contribution in [0.5, 0.6) is 0 Å². The van der Waals surface area contributed by atoms with Gasteiger partial charge in [0, 0.05) is 18.1 Å². The lowest BCUT2D eigenvalue weighted by Gasteiger charge is -1.96. The Balaban J connectivity index is 2.69. The normalized spacial score (nSPS) is 9.64. The molecule has 0 aliphatic rings. The van der Waals surface area contributed by atoms with Crippen LogP contribution in [0, 0.1) is 6.92 Å². The highest BCUT2D eigenvalue weighted by Gasteiger charge is 2.07. The van der Waals surface area contributed by atoms with Crippen molar-refractivity contribution in [1.29, 1.82) is 0 Å². The molecule has 0 bridgehead atoms. The molecule has 0 saturated carbocycles. The van der Waals surface area contributed by atoms with Crippen LogP contribution in [0.1, 0.15) is 14.7 Å². The first-order chi connectivity index (χ1) is 5.24. The second-order valence-corrected chi connectivity index (χ2v) is 3.21. The summed E-state index contributed by atoms with van der Waals surface area (Å²) in [5.74, 6) is -0.189. The second kappa shape index (κ2) is 3.45. The molecule has 1 amide bonds. The number of nitrogens with one attached hydrogen (secondary N) is 2. The summed E-state index contributed by atoms with van der Waals surface area (Å²) in [7, 11) is 1.64. The summed E-state index contributed by atoms with van der Waals surface area (Å²) < 4.78 is 0. The Morgan fingerprint density at radius 3 is 2.91 bits per heavy atom. The minimum Gasteiger partial charge on any atom is -0.286 e. The summed E-state index contributed by atoms with van der Waals surface area (Å²) >= 11 is 1.37. The molecule has 60 valence electrons. The Bertz CT molecular complexity index is 258. The molecule has 1 heterocycles. The third-order valence-corrected chi connectivity index (χ3v) is 1.97. The SMILES string of the molecule is CNNC(=O)c1ncc(C)s1. The Labute approximate surface area is 68.6 Å². The van der Waals surface area contributed by atoms with Gasteiger partial charge in [0.05, 0.1) is 0 Å². The van der Waals surface area contributed by atoms with E-state index >= 15 is 0 Å². The van der Waals surface area contributed by atoms with Crippen molar-refractivity contribution in [3.05, 3.63) is 16.1 Å². The van der Waals surface area contributed by atoms with Gasteiger partial charge in [-0.15, -0.1) is 11.3 Å². The first-order valence-electron chi connectivity index (χ1n) is 3.13. The van der Waals surface area contributed by atoms with Gasteiger partial charge < -0.3 is 0 Å². The quantitative estimate of drug-likeness (QED) is 0.630. The van der Waals surface area contributed by atoms with Crippen molar-refractivity contribution in [2.75, 3.05) is 7.05 Å². The molecule has 0 unspecified atom stereocenters. The van der Waals surface area contributed by atoms with Gasteiger partial charge in [0.2, 0.25) is 0 Å². The van der Waals surface area contributed by atoms with Gasteiger partial charge >= 0.3 is 0 Å². The lowest BCUT2D eigenvalue weighted by Crippen LogP contribution is -2.33. The molecule has 4 nitrogen and oxygen atoms in total. The Kier molecular flexibility index (Phi) is 2.56. The molecule has 0 fully saturated rings. The third kappa shape index (κ3) is 1.99. The fourth-order valence-electron chi connectivity index (χ4n) is 0.627. The second-order valence-electron chi connectivity index (χ2n) is 1.98. The molecule has 0 radical (unpaired) electrons. The van der Waals surface area contributed by atoms with Crippen molar-refractivity contribution >= 4 is 17.2 Å². The van der Waals surface area contributed by atoms with Crippen LogP contribution < -0.4 is 10.9 Å². The van der Waals surface area contributed by atoms with Crippen molar-refractivity contribution in [1.82, 2.24) is 15.8 Å². The van der Waals surface area contributed by atoms with E-state index in [0.29, 0.717) is 5.01 Å². The fraction of sp³-hybridized carbons (Fsp3) is 0.333. The highest BCUT2D eigenvalue weighted by molar-refractivity contribution is 7.13. The van der Waals surface area contributed by atoms with Crippen molar-refractivity contribution < 1.29 is 4.79 Å². The van der Waals surface area contributed by atoms with Crippen LogP contribution in [-0.2, 0) is 0 Å². The van der Waals surface area contributed by atoms with Crippen LogP contribution >= 0.6 is 11.3 Å². The number of carbonyl (C=O) groups excluding carboxylic acids is 1. The lowest BCUT2D eigenvalue weighted by molar-refractivity contribution is 0.0937. The minimum atomic E-state index is -0.189. The largest absolute Gasteiger partial charge is 0.294 e. The highest BCUT2D eigenvalue weighted by Crippen LogP contribution is 2.09. The van der Waals surface area contributed by atoms with E-state index in [4.69, 9.17) is 0 Å². The summed E-state index contributed by atoms with van der Waals surface area (Å²) in [6.07, 6.45) is 1.68. The first kappa shape index (κ1) is 8.16. The van der Waals surface area contributed by atoms with E-state index in [2.05, 4.69) is 15.8 Å². The van der Waals surface area contributed by atoms with Gasteiger partial charge in [0.25, 0.3) is 5.91 Å². The average Bonchev–Trinajstić information content (AvgIpc) is 2.36. The molecule has 5 heteroatoms. The summed E-state index contributed by atoms with van der Waals surface area (Å²) in [5.41, 5.74) is 4.98. The molecule has 0 aliphatic carbocycles. The van der Waals surface area contributed by atoms with Gasteiger partial charge in [-0.3, -0.25) is 10.2 Å². The monoisotopic (exact) mass is 171 g/mol. The van der Waals surface area contributed by atoms with Crippen molar-refractivity contribution in [2.45, 2.75) is 6.92 Å². The average molecular weight is 171 g/mol. The van der Waals surface area contributed by atoms with Crippen LogP contribution in [0.2, 0.25) is 0 Å². The molecule has 11 heavy (non-hydrogen) atoms. The number of amides is 1. The van der Waals surface area contributed by atoms with Crippen molar-refractivity contribution in [2.24, 2.45) is 0 Å². The van der Waals surface area contributed by atoms with E-state index in [-0.39, 0.29) is 5.91 Å². The minimum absolute atomic E-state index is 0.189. The molecule has 1 rings (SSSR count). The van der Waals surface area contributed by atoms with E-state index in [0.717, 1.165) is 4.88 Å². The number of aromatic nitrogens is 1. The highest BCUT2D eigenvalue weighted by atomic mass is 32.1. The van der Waals surface area contributed by atoms with E-state index in [1.807, 2.05) is 6.92 Å². The van der Waals surface area contributed by atoms with Crippen LogP contribution in [-0.4, -0.2) is 17.9 Å². The summed E-state index contributed by atoms with van der Waals surface area (Å²) in [6, 6.07) is 0. The number of carbonyl (C=O) groups is 1. The number of aryl methyl sites for hydroxylation is 1. The maximum atomic E-state index is 11.0. The molecule has 0 aromatic carbocycles. The molecular weight excluding hydrogens is 162 g/mol. The Morgan fingerprint density at radius 1 is 1.73 bits per heavy atom. The maximum Gasteiger partial charge on any atom is 0.294 e. The van der Waals surface area contributed by atoms with Gasteiger partial charge in [0.1, 0.15) is 0 Å². The standard InChI is InChI=1S/C6H9N3OS/c1-4-3-8-6(11-4)5(10)9-7-2/h3,7H,1-2H3,(H,9,10). The topological polar surface area (TPSA) is 54.0 Å². The zero-order valence-corrected chi connectivity index (χ0v) is 7.16. The molecule has 0 atom stereocenters. The molecule has 0 aliphatic heterocycles. The van der Waals surface area contributed by atoms with Crippen molar-refractivity contribution in [3.63, 3.8) is 0 Å². The lowest BCUT2D eigenvalue weighted by atomic mass is 10.6. The zero-order valence-electron chi connectivity index (χ0n) is 6.34. The maximum absolute atomic E-state index is 11.0. The summed E-state index contributed by atoms with van der Waals surface area (Å²) in [5, 5.41) is 0.483. The number of nitrogens with zero attached hydrogens (tertiary/aromatic N) is 1. The van der Waals surface area contributed by atoms with Crippen LogP contribution in [0.25, 0.3) is 0 Å². The third-order valence-electron chi connectivity index (χ3n) is 1.05. The number of hydrogen-bond acceptors (Lipinski definition) is 4. The van der Waals surface area contributed by atoms with Gasteiger partial charge in [0.15, 0.2) is 5.01 Å². The van der Waals surface area contributed by atoms with Crippen molar-refractivity contribution in [3.8, 4) is 0 Å². The van der Waals surface area contributed by atoms with Gasteiger partial charge in [-0.25, -0.2) is 10.4 Å². The van der Waals surface area contributed by atoms with Gasteiger partial charge in [-0.05, 0) is 6.92 Å². The summed E-state index contributed by atoms with van der Waals surface area (Å²) in [6.45, 7) is 1.91. The molecule has 1 aromatic heterocycles. The number of rotatable bonds is 2. The van der Waals surface area contributed by atoms with E-state index < -0.39 is 0 Å². The van der Waals surface area contributed by atoms with E-state index in [1.165, 1.54) is 11.3 Å². The van der Waals surface area contributed by atoms with Crippen LogP contribution in [0.15, 0.2) is 6.20 Å².